The summed E-state index contributed by atoms with van der Waals surface area (Å²) in [5.74, 6) is -0.0760. The van der Waals surface area contributed by atoms with Crippen molar-refractivity contribution in [2.75, 3.05) is 5.32 Å². The third-order valence-corrected chi connectivity index (χ3v) is 3.47. The standard InChI is InChI=1S/C9H9N3OS2/c1-2-6-3-4-14-8(6)9(13)11-7-5-10-12-15-7/h3-5H,2H2,1H3,(H,11,13). The highest BCUT2D eigenvalue weighted by molar-refractivity contribution is 7.13. The number of rotatable bonds is 3. The molecule has 0 fully saturated rings. The summed E-state index contributed by atoms with van der Waals surface area (Å²) in [5, 5.41) is 9.03. The van der Waals surface area contributed by atoms with Crippen LogP contribution in [-0.4, -0.2) is 15.5 Å². The topological polar surface area (TPSA) is 54.9 Å². The normalized spacial score (nSPS) is 10.2. The fourth-order valence-corrected chi connectivity index (χ4v) is 2.51. The van der Waals surface area contributed by atoms with Crippen molar-refractivity contribution in [3.63, 3.8) is 0 Å². The van der Waals surface area contributed by atoms with Crippen molar-refractivity contribution >= 4 is 33.8 Å². The summed E-state index contributed by atoms with van der Waals surface area (Å²) in [7, 11) is 0. The van der Waals surface area contributed by atoms with Crippen LogP contribution in [0.4, 0.5) is 5.00 Å². The van der Waals surface area contributed by atoms with Gasteiger partial charge in [0.05, 0.1) is 11.1 Å². The minimum Gasteiger partial charge on any atom is -0.310 e. The number of hydrogen-bond donors (Lipinski definition) is 1. The van der Waals surface area contributed by atoms with Crippen LogP contribution >= 0.6 is 22.9 Å². The van der Waals surface area contributed by atoms with Crippen molar-refractivity contribution in [2.45, 2.75) is 13.3 Å². The highest BCUT2D eigenvalue weighted by Crippen LogP contribution is 2.19. The summed E-state index contributed by atoms with van der Waals surface area (Å²) in [4.78, 5) is 12.6. The Morgan fingerprint density at radius 1 is 1.60 bits per heavy atom. The van der Waals surface area contributed by atoms with Gasteiger partial charge in [-0.25, -0.2) is 0 Å². The lowest BCUT2D eigenvalue weighted by molar-refractivity contribution is 0.103. The van der Waals surface area contributed by atoms with E-state index in [4.69, 9.17) is 0 Å². The Bertz CT molecular complexity index is 450. The van der Waals surface area contributed by atoms with Gasteiger partial charge in [0.15, 0.2) is 0 Å². The first-order valence-corrected chi connectivity index (χ1v) is 6.11. The average molecular weight is 239 g/mol. The Balaban J connectivity index is 2.15. The Labute approximate surface area is 95.1 Å². The molecular weight excluding hydrogens is 230 g/mol. The lowest BCUT2D eigenvalue weighted by atomic mass is 10.2. The summed E-state index contributed by atoms with van der Waals surface area (Å²) in [6.07, 6.45) is 2.41. The maximum atomic E-state index is 11.8. The first-order chi connectivity index (χ1) is 7.31. The van der Waals surface area contributed by atoms with Crippen molar-refractivity contribution in [3.05, 3.63) is 28.1 Å². The van der Waals surface area contributed by atoms with E-state index in [2.05, 4.69) is 14.9 Å². The second-order valence-corrected chi connectivity index (χ2v) is 4.57. The zero-order valence-electron chi connectivity index (χ0n) is 8.06. The predicted molar refractivity (Wildman–Crippen MR) is 61.6 cm³/mol. The molecule has 0 unspecified atom stereocenters. The van der Waals surface area contributed by atoms with Crippen molar-refractivity contribution in [3.8, 4) is 0 Å². The average Bonchev–Trinajstić information content (AvgIpc) is 2.86. The molecular formula is C9H9N3OS2. The molecule has 0 aliphatic carbocycles. The molecule has 0 bridgehead atoms. The molecule has 0 aliphatic heterocycles. The van der Waals surface area contributed by atoms with Crippen LogP contribution in [0.1, 0.15) is 22.2 Å². The van der Waals surface area contributed by atoms with Crippen LogP contribution in [0, 0.1) is 0 Å². The molecule has 2 rings (SSSR count). The van der Waals surface area contributed by atoms with Crippen molar-refractivity contribution < 1.29 is 4.79 Å². The fraction of sp³-hybridized carbons (Fsp3) is 0.222. The van der Waals surface area contributed by atoms with Gasteiger partial charge in [-0.3, -0.25) is 4.79 Å². The number of aromatic nitrogens is 2. The summed E-state index contributed by atoms with van der Waals surface area (Å²) < 4.78 is 3.68. The van der Waals surface area contributed by atoms with Crippen molar-refractivity contribution in [2.24, 2.45) is 0 Å². The molecule has 0 radical (unpaired) electrons. The van der Waals surface area contributed by atoms with Gasteiger partial charge in [0, 0.05) is 11.5 Å². The molecule has 0 saturated carbocycles. The molecule has 0 aromatic carbocycles. The van der Waals surface area contributed by atoms with Gasteiger partial charge in [-0.15, -0.1) is 16.4 Å². The minimum absolute atomic E-state index is 0.0760. The number of hydrogen-bond acceptors (Lipinski definition) is 5. The monoisotopic (exact) mass is 239 g/mol. The maximum Gasteiger partial charge on any atom is 0.266 e. The molecule has 2 aromatic rings. The zero-order valence-corrected chi connectivity index (χ0v) is 9.69. The van der Waals surface area contributed by atoms with Crippen LogP contribution in [0.3, 0.4) is 0 Å². The smallest absolute Gasteiger partial charge is 0.266 e. The van der Waals surface area contributed by atoms with E-state index in [1.54, 1.807) is 6.20 Å². The molecule has 2 heterocycles. The molecule has 4 nitrogen and oxygen atoms in total. The Morgan fingerprint density at radius 2 is 2.47 bits per heavy atom. The second kappa shape index (κ2) is 4.50. The van der Waals surface area contributed by atoms with Crippen LogP contribution in [0.2, 0.25) is 0 Å². The number of amides is 1. The third kappa shape index (κ3) is 2.21. The lowest BCUT2D eigenvalue weighted by Crippen LogP contribution is -2.10. The molecule has 6 heteroatoms. The summed E-state index contributed by atoms with van der Waals surface area (Å²) in [6.45, 7) is 2.03. The van der Waals surface area contributed by atoms with E-state index >= 15 is 0 Å². The van der Waals surface area contributed by atoms with Crippen LogP contribution < -0.4 is 5.32 Å². The highest BCUT2D eigenvalue weighted by Gasteiger charge is 2.12. The minimum atomic E-state index is -0.0760. The molecule has 2 aromatic heterocycles. The Hall–Kier alpha value is -1.27. The fourth-order valence-electron chi connectivity index (χ4n) is 1.20. The number of carbonyl (C=O) groups is 1. The molecule has 0 aliphatic rings. The van der Waals surface area contributed by atoms with E-state index in [1.165, 1.54) is 22.9 Å². The van der Waals surface area contributed by atoms with Crippen LogP contribution in [0.15, 0.2) is 17.6 Å². The third-order valence-electron chi connectivity index (χ3n) is 1.93. The van der Waals surface area contributed by atoms with E-state index < -0.39 is 0 Å². The Morgan fingerprint density at radius 3 is 3.13 bits per heavy atom. The number of carbonyl (C=O) groups excluding carboxylic acids is 1. The number of nitrogens with zero attached hydrogens (tertiary/aromatic N) is 2. The zero-order chi connectivity index (χ0) is 10.7. The predicted octanol–water partition coefficient (Wildman–Crippen LogP) is 2.41. The first-order valence-electron chi connectivity index (χ1n) is 4.46. The number of aryl methyl sites for hydroxylation is 1. The molecule has 0 saturated heterocycles. The van der Waals surface area contributed by atoms with Crippen molar-refractivity contribution in [1.82, 2.24) is 9.59 Å². The van der Waals surface area contributed by atoms with E-state index in [1.807, 2.05) is 18.4 Å². The van der Waals surface area contributed by atoms with E-state index in [9.17, 15) is 4.79 Å². The molecule has 15 heavy (non-hydrogen) atoms. The van der Waals surface area contributed by atoms with Gasteiger partial charge in [0.25, 0.3) is 5.91 Å². The van der Waals surface area contributed by atoms with Gasteiger partial charge in [0.2, 0.25) is 0 Å². The number of nitrogens with one attached hydrogen (secondary N) is 1. The van der Waals surface area contributed by atoms with Gasteiger partial charge in [-0.05, 0) is 23.4 Å². The van der Waals surface area contributed by atoms with E-state index in [0.29, 0.717) is 5.00 Å². The van der Waals surface area contributed by atoms with Gasteiger partial charge >= 0.3 is 0 Å². The molecule has 1 N–H and O–H groups in total. The van der Waals surface area contributed by atoms with Gasteiger partial charge in [-0.1, -0.05) is 11.4 Å². The molecule has 78 valence electrons. The summed E-state index contributed by atoms with van der Waals surface area (Å²) in [6, 6.07) is 1.98. The Kier molecular flexibility index (Phi) is 3.08. The van der Waals surface area contributed by atoms with Crippen LogP contribution in [0.5, 0.6) is 0 Å². The summed E-state index contributed by atoms with van der Waals surface area (Å²) in [5.41, 5.74) is 1.08. The maximum absolute atomic E-state index is 11.8. The molecule has 0 spiro atoms. The number of thiophene rings is 1. The van der Waals surface area contributed by atoms with Gasteiger partial charge in [0.1, 0.15) is 5.00 Å². The largest absolute Gasteiger partial charge is 0.310 e. The first kappa shape index (κ1) is 10.3. The van der Waals surface area contributed by atoms with E-state index in [-0.39, 0.29) is 5.91 Å². The second-order valence-electron chi connectivity index (χ2n) is 2.86. The SMILES string of the molecule is CCc1ccsc1C(=O)Nc1cnns1. The quantitative estimate of drug-likeness (QED) is 0.895. The van der Waals surface area contributed by atoms with Gasteiger partial charge in [-0.2, -0.15) is 0 Å². The van der Waals surface area contributed by atoms with Crippen LogP contribution in [0.25, 0.3) is 0 Å². The van der Waals surface area contributed by atoms with Gasteiger partial charge < -0.3 is 5.32 Å². The highest BCUT2D eigenvalue weighted by atomic mass is 32.1. The molecule has 1 amide bonds. The van der Waals surface area contributed by atoms with E-state index in [0.717, 1.165) is 16.9 Å². The van der Waals surface area contributed by atoms with Crippen LogP contribution in [-0.2, 0) is 6.42 Å². The van der Waals surface area contributed by atoms with Crippen molar-refractivity contribution in [1.29, 1.82) is 0 Å². The number of anilines is 1. The lowest BCUT2D eigenvalue weighted by Gasteiger charge is -2.00. The molecule has 0 atom stereocenters. The summed E-state index contributed by atoms with van der Waals surface area (Å²) >= 11 is 2.63.